The van der Waals surface area contributed by atoms with Gasteiger partial charge in [0.25, 0.3) is 5.91 Å². The number of methoxy groups -OCH3 is 3. The minimum Gasteiger partial charge on any atom is -0.493 e. The Kier molecular flexibility index (Phi) is 7.38. The summed E-state index contributed by atoms with van der Waals surface area (Å²) in [5.74, 6) is 0.749. The van der Waals surface area contributed by atoms with E-state index in [1.807, 2.05) is 11.9 Å². The summed E-state index contributed by atoms with van der Waals surface area (Å²) in [5, 5.41) is 3.68. The van der Waals surface area contributed by atoms with Gasteiger partial charge in [0.1, 0.15) is 0 Å². The van der Waals surface area contributed by atoms with Gasteiger partial charge in [0.15, 0.2) is 17.8 Å². The Hall–Kier alpha value is -2.38. The van der Waals surface area contributed by atoms with Crippen molar-refractivity contribution in [2.45, 2.75) is 31.8 Å². The van der Waals surface area contributed by atoms with Crippen LogP contribution in [0.15, 0.2) is 24.8 Å². The van der Waals surface area contributed by atoms with Crippen LogP contribution < -0.4 is 9.47 Å². The van der Waals surface area contributed by atoms with E-state index in [-0.39, 0.29) is 11.9 Å². The van der Waals surface area contributed by atoms with Gasteiger partial charge in [-0.3, -0.25) is 14.6 Å². The van der Waals surface area contributed by atoms with Crippen molar-refractivity contribution in [1.29, 1.82) is 0 Å². The second-order valence-corrected chi connectivity index (χ2v) is 6.43. The first-order valence-electron chi connectivity index (χ1n) is 8.94. The van der Waals surface area contributed by atoms with Crippen LogP contribution in [0.4, 0.5) is 0 Å². The lowest BCUT2D eigenvalue weighted by Crippen LogP contribution is -2.50. The molecule has 7 nitrogen and oxygen atoms in total. The fourth-order valence-electron chi connectivity index (χ4n) is 3.61. The molecule has 27 heavy (non-hydrogen) atoms. The van der Waals surface area contributed by atoms with Crippen molar-refractivity contribution in [3.63, 3.8) is 0 Å². The molecule has 0 radical (unpaired) electrons. The number of aldehydes is 1. The number of hydrazine groups is 1. The number of hydrogen-bond donors (Lipinski definition) is 0. The average molecular weight is 376 g/mol. The van der Waals surface area contributed by atoms with E-state index < -0.39 is 6.04 Å². The number of ether oxygens (including phenoxy) is 3. The molecule has 0 bridgehead atoms. The predicted octanol–water partition coefficient (Wildman–Crippen LogP) is 2.62. The first-order chi connectivity index (χ1) is 13.0. The number of benzene rings is 1. The molecule has 1 saturated heterocycles. The molecule has 1 amide bonds. The van der Waals surface area contributed by atoms with Crippen LogP contribution in [-0.4, -0.2) is 62.7 Å². The Labute approximate surface area is 160 Å². The summed E-state index contributed by atoms with van der Waals surface area (Å²) in [5.41, 5.74) is 1.13. The monoisotopic (exact) mass is 376 g/mol. The lowest BCUT2D eigenvalue weighted by Gasteiger charge is -2.40. The summed E-state index contributed by atoms with van der Waals surface area (Å²) < 4.78 is 16.0. The number of carbonyl (C=O) groups excluding carboxylic acids is 2. The largest absolute Gasteiger partial charge is 0.493 e. The van der Waals surface area contributed by atoms with E-state index >= 15 is 0 Å². The molecule has 1 heterocycles. The molecule has 1 aromatic carbocycles. The SMILES string of the molecule is C=CC(=O)N([C@H](C)c1cc(OC)c(OC)cc1C=O)N1CCC[C@H]1COC. The lowest BCUT2D eigenvalue weighted by atomic mass is 10.00. The molecule has 148 valence electrons. The van der Waals surface area contributed by atoms with Crippen LogP contribution in [0.25, 0.3) is 0 Å². The van der Waals surface area contributed by atoms with Gasteiger partial charge in [0.2, 0.25) is 0 Å². The minimum absolute atomic E-state index is 0.0983. The van der Waals surface area contributed by atoms with Gasteiger partial charge in [-0.2, -0.15) is 0 Å². The standard InChI is InChI=1S/C20H28N2O5/c1-6-20(24)22(21-9-7-8-16(21)13-25-3)14(2)17-11-19(27-5)18(26-4)10-15(17)12-23/h6,10-12,14,16H,1,7-9,13H2,2-5H3/t14-,16+/m1/s1. The Morgan fingerprint density at radius 1 is 1.33 bits per heavy atom. The van der Waals surface area contributed by atoms with E-state index in [1.54, 1.807) is 24.3 Å². The zero-order chi connectivity index (χ0) is 20.0. The summed E-state index contributed by atoms with van der Waals surface area (Å²) in [6, 6.07) is 3.08. The second kappa shape index (κ2) is 9.53. The molecule has 1 fully saturated rings. The third kappa shape index (κ3) is 4.31. The quantitative estimate of drug-likeness (QED) is 0.487. The smallest absolute Gasteiger partial charge is 0.260 e. The summed E-state index contributed by atoms with van der Waals surface area (Å²) >= 11 is 0. The van der Waals surface area contributed by atoms with E-state index in [9.17, 15) is 9.59 Å². The Morgan fingerprint density at radius 3 is 2.56 bits per heavy atom. The molecular formula is C20H28N2O5. The number of rotatable bonds is 9. The maximum absolute atomic E-state index is 12.7. The lowest BCUT2D eigenvalue weighted by molar-refractivity contribution is -0.153. The molecule has 0 aliphatic carbocycles. The summed E-state index contributed by atoms with van der Waals surface area (Å²) in [7, 11) is 4.70. The first-order valence-corrected chi connectivity index (χ1v) is 8.94. The zero-order valence-corrected chi connectivity index (χ0v) is 16.4. The third-order valence-electron chi connectivity index (χ3n) is 4.92. The van der Waals surface area contributed by atoms with Gasteiger partial charge in [-0.25, -0.2) is 5.01 Å². The van der Waals surface area contributed by atoms with E-state index in [4.69, 9.17) is 14.2 Å². The highest BCUT2D eigenvalue weighted by Gasteiger charge is 2.35. The highest BCUT2D eigenvalue weighted by atomic mass is 16.5. The van der Waals surface area contributed by atoms with Crippen LogP contribution in [-0.2, 0) is 9.53 Å². The van der Waals surface area contributed by atoms with Gasteiger partial charge in [0, 0.05) is 19.2 Å². The van der Waals surface area contributed by atoms with Crippen molar-refractivity contribution >= 4 is 12.2 Å². The molecule has 7 heteroatoms. The highest BCUT2D eigenvalue weighted by molar-refractivity contribution is 5.87. The molecular weight excluding hydrogens is 348 g/mol. The molecule has 2 atom stereocenters. The number of amides is 1. The maximum atomic E-state index is 12.7. The Balaban J connectivity index is 2.49. The van der Waals surface area contributed by atoms with E-state index in [2.05, 4.69) is 6.58 Å². The van der Waals surface area contributed by atoms with Crippen LogP contribution >= 0.6 is 0 Å². The molecule has 1 aliphatic rings. The second-order valence-electron chi connectivity index (χ2n) is 6.43. The van der Waals surface area contributed by atoms with Crippen molar-refractivity contribution in [3.05, 3.63) is 35.9 Å². The molecule has 0 unspecified atom stereocenters. The summed E-state index contributed by atoms with van der Waals surface area (Å²) in [6.45, 7) is 6.79. The van der Waals surface area contributed by atoms with Crippen molar-refractivity contribution < 1.29 is 23.8 Å². The van der Waals surface area contributed by atoms with Crippen LogP contribution in [0, 0.1) is 0 Å². The number of nitrogens with zero attached hydrogens (tertiary/aromatic N) is 2. The average Bonchev–Trinajstić information content (AvgIpc) is 3.14. The summed E-state index contributed by atoms with van der Waals surface area (Å²) in [4.78, 5) is 24.4. The number of hydrogen-bond acceptors (Lipinski definition) is 6. The van der Waals surface area contributed by atoms with Crippen LogP contribution in [0.3, 0.4) is 0 Å². The first kappa shape index (κ1) is 20.9. The summed E-state index contributed by atoms with van der Waals surface area (Å²) in [6.07, 6.45) is 3.96. The molecule has 0 spiro atoms. The van der Waals surface area contributed by atoms with Gasteiger partial charge in [-0.15, -0.1) is 0 Å². The predicted molar refractivity (Wildman–Crippen MR) is 102 cm³/mol. The van der Waals surface area contributed by atoms with Crippen LogP contribution in [0.5, 0.6) is 11.5 Å². The van der Waals surface area contributed by atoms with Crippen LogP contribution in [0.2, 0.25) is 0 Å². The van der Waals surface area contributed by atoms with E-state index in [0.29, 0.717) is 29.2 Å². The fourth-order valence-corrected chi connectivity index (χ4v) is 3.61. The maximum Gasteiger partial charge on any atom is 0.260 e. The van der Waals surface area contributed by atoms with E-state index in [0.717, 1.165) is 25.7 Å². The van der Waals surface area contributed by atoms with Crippen molar-refractivity contribution in [1.82, 2.24) is 10.0 Å². The van der Waals surface area contributed by atoms with E-state index in [1.165, 1.54) is 20.3 Å². The molecule has 2 rings (SSSR count). The van der Waals surface area contributed by atoms with Crippen molar-refractivity contribution in [2.24, 2.45) is 0 Å². The molecule has 0 N–H and O–H groups in total. The van der Waals surface area contributed by atoms with Gasteiger partial charge < -0.3 is 14.2 Å². The van der Waals surface area contributed by atoms with Crippen molar-refractivity contribution in [3.8, 4) is 11.5 Å². The zero-order valence-electron chi connectivity index (χ0n) is 16.4. The third-order valence-corrected chi connectivity index (χ3v) is 4.92. The number of carbonyl (C=O) groups is 2. The van der Waals surface area contributed by atoms with Gasteiger partial charge >= 0.3 is 0 Å². The van der Waals surface area contributed by atoms with Gasteiger partial charge in [-0.1, -0.05) is 6.58 Å². The Morgan fingerprint density at radius 2 is 2.00 bits per heavy atom. The normalized spacial score (nSPS) is 18.0. The molecule has 1 aliphatic heterocycles. The highest BCUT2D eigenvalue weighted by Crippen LogP contribution is 2.36. The molecule has 0 aromatic heterocycles. The van der Waals surface area contributed by atoms with Crippen LogP contribution in [0.1, 0.15) is 41.7 Å². The van der Waals surface area contributed by atoms with Crippen molar-refractivity contribution in [2.75, 3.05) is 34.5 Å². The fraction of sp³-hybridized carbons (Fsp3) is 0.500. The molecule has 0 saturated carbocycles. The molecule has 1 aromatic rings. The Bertz CT molecular complexity index is 691. The minimum atomic E-state index is -0.395. The van der Waals surface area contributed by atoms with Gasteiger partial charge in [0.05, 0.1) is 32.9 Å². The topological polar surface area (TPSA) is 68.3 Å². The van der Waals surface area contributed by atoms with Gasteiger partial charge in [-0.05, 0) is 43.5 Å².